The molecule has 0 aliphatic rings. The lowest BCUT2D eigenvalue weighted by atomic mass is 10.0. The SMILES string of the molecule is CC/C=C\C/C=C\C/C=C\CCCCCCCC(=O)OC(COC(=O)CCCCCCCCCCCCCCC)COC(=O)CCCCCCCCCCCCCCC/C=C\C/C=C\CCCCCCC. The number of carbonyl (C=O) groups is 3. The number of hydrogen-bond acceptors (Lipinski definition) is 6. The molecule has 0 rings (SSSR count). The summed E-state index contributed by atoms with van der Waals surface area (Å²) in [6, 6.07) is 0. The third kappa shape index (κ3) is 57.9. The van der Waals surface area contributed by atoms with Crippen molar-refractivity contribution in [1.82, 2.24) is 0 Å². The fourth-order valence-electron chi connectivity index (χ4n) is 8.90. The Kier molecular flexibility index (Phi) is 57.2. The molecule has 0 radical (unpaired) electrons. The third-order valence-electron chi connectivity index (χ3n) is 13.5. The van der Waals surface area contributed by atoms with E-state index in [9.17, 15) is 14.4 Å². The van der Waals surface area contributed by atoms with Crippen LogP contribution in [0.15, 0.2) is 60.8 Å². The molecule has 0 saturated heterocycles. The van der Waals surface area contributed by atoms with Crippen LogP contribution in [0.4, 0.5) is 0 Å². The Morgan fingerprint density at radius 2 is 0.549 bits per heavy atom. The van der Waals surface area contributed by atoms with Crippen molar-refractivity contribution in [3.8, 4) is 0 Å². The average Bonchev–Trinajstić information content (AvgIpc) is 3.37. The van der Waals surface area contributed by atoms with E-state index in [1.54, 1.807) is 0 Å². The van der Waals surface area contributed by atoms with Gasteiger partial charge in [0.2, 0.25) is 0 Å². The summed E-state index contributed by atoms with van der Waals surface area (Å²) in [5.74, 6) is -0.881. The smallest absolute Gasteiger partial charge is 0.306 e. The van der Waals surface area contributed by atoms with Crippen LogP contribution in [0.1, 0.15) is 316 Å². The van der Waals surface area contributed by atoms with Crippen LogP contribution in [0.2, 0.25) is 0 Å². The number of unbranched alkanes of at least 4 members (excludes halogenated alkanes) is 35. The van der Waals surface area contributed by atoms with Gasteiger partial charge in [0.25, 0.3) is 0 Å². The van der Waals surface area contributed by atoms with E-state index in [1.807, 2.05) is 0 Å². The predicted molar refractivity (Wildman–Crippen MR) is 307 cm³/mol. The molecule has 0 spiro atoms. The van der Waals surface area contributed by atoms with Gasteiger partial charge in [0.15, 0.2) is 6.10 Å². The van der Waals surface area contributed by atoms with E-state index in [0.717, 1.165) is 103 Å². The topological polar surface area (TPSA) is 78.9 Å². The molecule has 0 aromatic carbocycles. The molecule has 0 N–H and O–H groups in total. The molecule has 0 aliphatic carbocycles. The molecule has 0 aromatic heterocycles. The molecule has 0 saturated carbocycles. The zero-order valence-corrected chi connectivity index (χ0v) is 47.2. The average molecular weight is 994 g/mol. The molecule has 6 heteroatoms. The minimum absolute atomic E-state index is 0.0782. The highest BCUT2D eigenvalue weighted by Gasteiger charge is 2.19. The normalized spacial score (nSPS) is 12.4. The number of esters is 3. The fraction of sp³-hybridized carbons (Fsp3) is 0.800. The van der Waals surface area contributed by atoms with Gasteiger partial charge in [-0.3, -0.25) is 14.4 Å². The van der Waals surface area contributed by atoms with E-state index in [2.05, 4.69) is 81.5 Å². The maximum absolute atomic E-state index is 12.9. The van der Waals surface area contributed by atoms with E-state index < -0.39 is 6.10 Å². The summed E-state index contributed by atoms with van der Waals surface area (Å²) in [6.07, 6.45) is 75.1. The van der Waals surface area contributed by atoms with Crippen LogP contribution < -0.4 is 0 Å². The maximum Gasteiger partial charge on any atom is 0.306 e. The molecule has 412 valence electrons. The Morgan fingerprint density at radius 1 is 0.296 bits per heavy atom. The first kappa shape index (κ1) is 68.1. The Hall–Kier alpha value is -2.89. The first-order valence-corrected chi connectivity index (χ1v) is 30.8. The van der Waals surface area contributed by atoms with E-state index >= 15 is 0 Å². The third-order valence-corrected chi connectivity index (χ3v) is 13.5. The van der Waals surface area contributed by atoms with Crippen LogP contribution >= 0.6 is 0 Å². The van der Waals surface area contributed by atoms with Crippen molar-refractivity contribution in [1.29, 1.82) is 0 Å². The van der Waals surface area contributed by atoms with Crippen LogP contribution in [-0.2, 0) is 28.6 Å². The van der Waals surface area contributed by atoms with Gasteiger partial charge in [-0.2, -0.15) is 0 Å². The molecule has 6 nitrogen and oxygen atoms in total. The summed E-state index contributed by atoms with van der Waals surface area (Å²) in [5, 5.41) is 0. The van der Waals surface area contributed by atoms with Crippen LogP contribution in [0.5, 0.6) is 0 Å². The van der Waals surface area contributed by atoms with Gasteiger partial charge in [0.05, 0.1) is 0 Å². The van der Waals surface area contributed by atoms with Crippen molar-refractivity contribution in [2.24, 2.45) is 0 Å². The van der Waals surface area contributed by atoms with Crippen LogP contribution in [-0.4, -0.2) is 37.2 Å². The number of carbonyl (C=O) groups excluding carboxylic acids is 3. The standard InChI is InChI=1S/C65H116O6/c1-4-7-10-13-16-19-22-25-27-28-29-30-31-32-33-34-35-36-38-40-43-46-49-52-55-58-64(67)70-61-62(60-69-63(66)57-54-51-48-45-42-39-24-21-18-15-12-9-6-3)71-65(68)59-56-53-50-47-44-41-37-26-23-20-17-14-11-8-5-2/h8,11,17,20,22,25-26,28-29,37,62H,4-7,9-10,12-16,18-19,21,23-24,27,30-36,38-61H2,1-3H3/b11-8-,20-17-,25-22-,29-28-,37-26-. The summed E-state index contributed by atoms with van der Waals surface area (Å²) in [4.78, 5) is 38.2. The highest BCUT2D eigenvalue weighted by molar-refractivity contribution is 5.71. The van der Waals surface area contributed by atoms with Crippen molar-refractivity contribution >= 4 is 17.9 Å². The van der Waals surface area contributed by atoms with Crippen molar-refractivity contribution in [2.75, 3.05) is 13.2 Å². The summed E-state index contributed by atoms with van der Waals surface area (Å²) < 4.78 is 16.9. The van der Waals surface area contributed by atoms with Crippen molar-refractivity contribution < 1.29 is 28.6 Å². The lowest BCUT2D eigenvalue weighted by molar-refractivity contribution is -0.167. The second-order valence-electron chi connectivity index (χ2n) is 20.6. The zero-order valence-electron chi connectivity index (χ0n) is 47.2. The molecule has 0 heterocycles. The molecule has 1 atom stereocenters. The minimum Gasteiger partial charge on any atom is -0.462 e. The second-order valence-corrected chi connectivity index (χ2v) is 20.6. The van der Waals surface area contributed by atoms with Gasteiger partial charge >= 0.3 is 17.9 Å². The molecule has 0 bridgehead atoms. The van der Waals surface area contributed by atoms with E-state index in [4.69, 9.17) is 14.2 Å². The molecule has 0 fully saturated rings. The molecule has 71 heavy (non-hydrogen) atoms. The summed E-state index contributed by atoms with van der Waals surface area (Å²) >= 11 is 0. The Bertz CT molecular complexity index is 1280. The second kappa shape index (κ2) is 59.7. The van der Waals surface area contributed by atoms with Gasteiger partial charge in [-0.15, -0.1) is 0 Å². The number of hydrogen-bond donors (Lipinski definition) is 0. The molecule has 0 aromatic rings. The van der Waals surface area contributed by atoms with E-state index in [-0.39, 0.29) is 31.1 Å². The molecular formula is C65H116O6. The molecule has 0 amide bonds. The van der Waals surface area contributed by atoms with Gasteiger partial charge in [-0.25, -0.2) is 0 Å². The minimum atomic E-state index is -0.781. The van der Waals surface area contributed by atoms with Crippen molar-refractivity contribution in [2.45, 2.75) is 322 Å². The van der Waals surface area contributed by atoms with Gasteiger partial charge in [0, 0.05) is 19.3 Å². The highest BCUT2D eigenvalue weighted by Crippen LogP contribution is 2.17. The Labute approximate surface area is 440 Å². The Balaban J connectivity index is 4.26. The lowest BCUT2D eigenvalue weighted by Crippen LogP contribution is -2.30. The monoisotopic (exact) mass is 993 g/mol. The van der Waals surface area contributed by atoms with Gasteiger partial charge < -0.3 is 14.2 Å². The molecular weight excluding hydrogens is 877 g/mol. The lowest BCUT2D eigenvalue weighted by Gasteiger charge is -2.18. The number of ether oxygens (including phenoxy) is 3. The zero-order chi connectivity index (χ0) is 51.4. The number of allylic oxidation sites excluding steroid dienone is 10. The van der Waals surface area contributed by atoms with Crippen molar-refractivity contribution in [3.05, 3.63) is 60.8 Å². The van der Waals surface area contributed by atoms with Crippen molar-refractivity contribution in [3.63, 3.8) is 0 Å². The summed E-state index contributed by atoms with van der Waals surface area (Å²) in [5.41, 5.74) is 0. The van der Waals surface area contributed by atoms with E-state index in [0.29, 0.717) is 19.3 Å². The maximum atomic E-state index is 12.9. The molecule has 1 unspecified atom stereocenters. The van der Waals surface area contributed by atoms with Crippen LogP contribution in [0, 0.1) is 0 Å². The predicted octanol–water partition coefficient (Wildman–Crippen LogP) is 20.8. The summed E-state index contributed by atoms with van der Waals surface area (Å²) in [6.45, 7) is 6.54. The van der Waals surface area contributed by atoms with Gasteiger partial charge in [0.1, 0.15) is 13.2 Å². The highest BCUT2D eigenvalue weighted by atomic mass is 16.6. The van der Waals surface area contributed by atoms with E-state index in [1.165, 1.54) is 173 Å². The Morgan fingerprint density at radius 3 is 0.859 bits per heavy atom. The van der Waals surface area contributed by atoms with Crippen LogP contribution in [0.3, 0.4) is 0 Å². The fourth-order valence-corrected chi connectivity index (χ4v) is 8.90. The first-order valence-electron chi connectivity index (χ1n) is 30.8. The molecule has 0 aliphatic heterocycles. The van der Waals surface area contributed by atoms with Crippen LogP contribution in [0.25, 0.3) is 0 Å². The largest absolute Gasteiger partial charge is 0.462 e. The summed E-state index contributed by atoms with van der Waals surface area (Å²) in [7, 11) is 0. The first-order chi connectivity index (χ1) is 35.0. The quantitative estimate of drug-likeness (QED) is 0.0261. The van der Waals surface area contributed by atoms with Gasteiger partial charge in [-0.1, -0.05) is 274 Å². The number of rotatable bonds is 56. The van der Waals surface area contributed by atoms with Gasteiger partial charge in [-0.05, 0) is 83.5 Å².